The highest BCUT2D eigenvalue weighted by molar-refractivity contribution is 5.74. The topological polar surface area (TPSA) is 18.5 Å². The minimum absolute atomic E-state index is 0.448. The van der Waals surface area contributed by atoms with Crippen molar-refractivity contribution in [3.63, 3.8) is 0 Å². The summed E-state index contributed by atoms with van der Waals surface area (Å²) >= 11 is 0. The maximum Gasteiger partial charge on any atom is 0.416 e. The monoisotopic (exact) mass is 243 g/mol. The fourth-order valence-corrected chi connectivity index (χ4v) is 1.77. The van der Waals surface area contributed by atoms with Crippen LogP contribution >= 0.6 is 0 Å². The van der Waals surface area contributed by atoms with Gasteiger partial charge in [-0.3, -0.25) is 10.4 Å². The molecule has 2 rings (SSSR count). The van der Waals surface area contributed by atoms with E-state index < -0.39 is 11.7 Å². The zero-order valence-electron chi connectivity index (χ0n) is 9.25. The van der Waals surface area contributed by atoms with Gasteiger partial charge in [-0.1, -0.05) is 6.08 Å². The number of benzene rings is 1. The Hall–Kier alpha value is -1.69. The lowest BCUT2D eigenvalue weighted by atomic mass is 10.1. The van der Waals surface area contributed by atoms with E-state index >= 15 is 0 Å². The number of hydrazine groups is 2. The van der Waals surface area contributed by atoms with Gasteiger partial charge < -0.3 is 0 Å². The summed E-state index contributed by atoms with van der Waals surface area (Å²) < 4.78 is 37.6. The molecule has 6 heteroatoms. The molecule has 0 bridgehead atoms. The minimum Gasteiger partial charge on any atom is -0.299 e. The molecule has 1 aliphatic heterocycles. The Morgan fingerprint density at radius 1 is 1.41 bits per heavy atom. The van der Waals surface area contributed by atoms with Crippen molar-refractivity contribution in [3.05, 3.63) is 36.4 Å². The molecule has 1 aromatic rings. The normalized spacial score (nSPS) is 15.6. The quantitative estimate of drug-likeness (QED) is 0.806. The Morgan fingerprint density at radius 2 is 2.12 bits per heavy atom. The highest BCUT2D eigenvalue weighted by Gasteiger charge is 2.33. The van der Waals surface area contributed by atoms with E-state index in [9.17, 15) is 13.2 Å². The molecule has 17 heavy (non-hydrogen) atoms. The number of nitrogens with zero attached hydrogens (tertiary/aromatic N) is 2. The summed E-state index contributed by atoms with van der Waals surface area (Å²) in [6.07, 6.45) is -2.63. The van der Waals surface area contributed by atoms with Gasteiger partial charge in [-0.15, -0.1) is 11.7 Å². The molecular weight excluding hydrogens is 231 g/mol. The second-order valence-electron chi connectivity index (χ2n) is 3.74. The van der Waals surface area contributed by atoms with Gasteiger partial charge in [0, 0.05) is 7.05 Å². The van der Waals surface area contributed by atoms with Gasteiger partial charge in [0.25, 0.3) is 0 Å². The van der Waals surface area contributed by atoms with Gasteiger partial charge in [0.05, 0.1) is 23.5 Å². The van der Waals surface area contributed by atoms with Gasteiger partial charge in [0.2, 0.25) is 0 Å². The van der Waals surface area contributed by atoms with Gasteiger partial charge in [-0.2, -0.15) is 13.2 Å². The van der Waals surface area contributed by atoms with Crippen molar-refractivity contribution in [2.45, 2.75) is 6.18 Å². The van der Waals surface area contributed by atoms with E-state index in [-0.39, 0.29) is 0 Å². The lowest BCUT2D eigenvalue weighted by Gasteiger charge is -2.24. The Kier molecular flexibility index (Phi) is 2.74. The molecular formula is C11H12F3N3. The van der Waals surface area contributed by atoms with Crippen LogP contribution in [0, 0.1) is 0 Å². The molecule has 92 valence electrons. The molecule has 0 radical (unpaired) electrons. The van der Waals surface area contributed by atoms with Crippen molar-refractivity contribution >= 4 is 11.4 Å². The van der Waals surface area contributed by atoms with Crippen LogP contribution in [0.25, 0.3) is 0 Å². The molecule has 0 saturated heterocycles. The van der Waals surface area contributed by atoms with E-state index in [4.69, 9.17) is 0 Å². The average Bonchev–Trinajstić information content (AvgIpc) is 2.54. The first kappa shape index (κ1) is 11.8. The van der Waals surface area contributed by atoms with Crippen molar-refractivity contribution in [2.75, 3.05) is 24.0 Å². The van der Waals surface area contributed by atoms with E-state index in [1.54, 1.807) is 23.3 Å². The van der Waals surface area contributed by atoms with Crippen LogP contribution < -0.4 is 10.4 Å². The third-order valence-electron chi connectivity index (χ3n) is 2.55. The molecule has 0 aromatic heterocycles. The summed E-state index contributed by atoms with van der Waals surface area (Å²) in [6.45, 7) is 4.14. The molecule has 1 heterocycles. The first-order valence-corrected chi connectivity index (χ1v) is 5.03. The van der Waals surface area contributed by atoms with Crippen molar-refractivity contribution in [3.8, 4) is 0 Å². The van der Waals surface area contributed by atoms with Crippen molar-refractivity contribution in [1.82, 2.24) is 5.12 Å². The van der Waals surface area contributed by atoms with Crippen LogP contribution in [-0.4, -0.2) is 18.7 Å². The first-order valence-electron chi connectivity index (χ1n) is 5.03. The summed E-state index contributed by atoms with van der Waals surface area (Å²) in [6, 6.07) is 3.64. The molecule has 0 unspecified atom stereocenters. The van der Waals surface area contributed by atoms with Crippen LogP contribution in [0.2, 0.25) is 0 Å². The Labute approximate surface area is 97.1 Å². The second kappa shape index (κ2) is 3.96. The number of hydrogen-bond acceptors (Lipinski definition) is 3. The second-order valence-corrected chi connectivity index (χ2v) is 3.74. The molecule has 0 saturated carbocycles. The van der Waals surface area contributed by atoms with Crippen LogP contribution in [0.15, 0.2) is 30.9 Å². The molecule has 1 aromatic carbocycles. The number of rotatable bonds is 2. The predicted octanol–water partition coefficient (Wildman–Crippen LogP) is 2.89. The summed E-state index contributed by atoms with van der Waals surface area (Å²) in [5.41, 5.74) is 3.36. The van der Waals surface area contributed by atoms with E-state index in [2.05, 4.69) is 12.0 Å². The third kappa shape index (κ3) is 2.08. The number of halogens is 3. The lowest BCUT2D eigenvalue weighted by Crippen LogP contribution is -2.38. The molecule has 0 spiro atoms. The summed E-state index contributed by atoms with van der Waals surface area (Å²) in [7, 11) is 1.73. The lowest BCUT2D eigenvalue weighted by molar-refractivity contribution is -0.137. The molecule has 0 fully saturated rings. The third-order valence-corrected chi connectivity index (χ3v) is 2.55. The number of alkyl halides is 3. The van der Waals surface area contributed by atoms with Crippen LogP contribution in [0.3, 0.4) is 0 Å². The fraction of sp³-hybridized carbons (Fsp3) is 0.273. The maximum atomic E-state index is 12.5. The van der Waals surface area contributed by atoms with E-state index in [1.165, 1.54) is 6.07 Å². The predicted molar refractivity (Wildman–Crippen MR) is 60.4 cm³/mol. The van der Waals surface area contributed by atoms with E-state index in [0.29, 0.717) is 17.9 Å². The minimum atomic E-state index is -4.32. The highest BCUT2D eigenvalue weighted by Crippen LogP contribution is 2.38. The number of hydrogen-bond donors (Lipinski definition) is 1. The maximum absolute atomic E-state index is 12.5. The smallest absolute Gasteiger partial charge is 0.299 e. The van der Waals surface area contributed by atoms with E-state index in [1.807, 2.05) is 0 Å². The SMILES string of the molecule is C=CCN1c2ccc(C(F)(F)F)cc2NN1C. The standard InChI is InChI=1S/C11H12F3N3/c1-3-6-17-10-5-4-8(11(12,13)14)7-9(10)15-16(17)2/h3-5,7,15H,1,6H2,2H3. The number of anilines is 2. The Balaban J connectivity index is 2.37. The summed E-state index contributed by atoms with van der Waals surface area (Å²) in [5.74, 6) is 0. The van der Waals surface area contributed by atoms with Gasteiger partial charge >= 0.3 is 6.18 Å². The number of fused-ring (bicyclic) bond motifs is 1. The molecule has 0 amide bonds. The van der Waals surface area contributed by atoms with Crippen LogP contribution in [0.4, 0.5) is 24.5 Å². The average molecular weight is 243 g/mol. The Bertz CT molecular complexity index is 442. The Morgan fingerprint density at radius 3 is 2.71 bits per heavy atom. The van der Waals surface area contributed by atoms with Gasteiger partial charge in [0.15, 0.2) is 0 Å². The summed E-state index contributed by atoms with van der Waals surface area (Å²) in [4.78, 5) is 0. The molecule has 3 nitrogen and oxygen atoms in total. The zero-order chi connectivity index (χ0) is 12.6. The van der Waals surface area contributed by atoms with Crippen molar-refractivity contribution < 1.29 is 13.2 Å². The van der Waals surface area contributed by atoms with E-state index in [0.717, 1.165) is 12.1 Å². The van der Waals surface area contributed by atoms with Gasteiger partial charge in [-0.25, -0.2) is 0 Å². The largest absolute Gasteiger partial charge is 0.416 e. The van der Waals surface area contributed by atoms with Gasteiger partial charge in [0.1, 0.15) is 0 Å². The van der Waals surface area contributed by atoms with Gasteiger partial charge in [-0.05, 0) is 18.2 Å². The van der Waals surface area contributed by atoms with Crippen LogP contribution in [0.5, 0.6) is 0 Å². The fourth-order valence-electron chi connectivity index (χ4n) is 1.77. The zero-order valence-corrected chi connectivity index (χ0v) is 9.25. The first-order chi connectivity index (χ1) is 7.93. The molecule has 0 aliphatic carbocycles. The number of nitrogens with one attached hydrogen (secondary N) is 1. The molecule has 1 N–H and O–H groups in total. The molecule has 1 aliphatic rings. The summed E-state index contributed by atoms with van der Waals surface area (Å²) in [5, 5.41) is 3.43. The van der Waals surface area contributed by atoms with Crippen LogP contribution in [0.1, 0.15) is 5.56 Å². The van der Waals surface area contributed by atoms with Crippen molar-refractivity contribution in [1.29, 1.82) is 0 Å². The molecule has 0 atom stereocenters. The van der Waals surface area contributed by atoms with Crippen LogP contribution in [-0.2, 0) is 6.18 Å². The van der Waals surface area contributed by atoms with Crippen molar-refractivity contribution in [2.24, 2.45) is 0 Å². The highest BCUT2D eigenvalue weighted by atomic mass is 19.4.